The van der Waals surface area contributed by atoms with Gasteiger partial charge in [0.25, 0.3) is 0 Å². The molecule has 0 aromatic rings. The lowest BCUT2D eigenvalue weighted by molar-refractivity contribution is -0.484. The molecule has 1 aliphatic heterocycles. The van der Waals surface area contributed by atoms with Crippen LogP contribution in [0.2, 0.25) is 0 Å². The normalized spacial score (nSPS) is 23.2. The molecular weight excluding hydrogens is 162 g/mol. The molecule has 0 saturated carbocycles. The van der Waals surface area contributed by atoms with Crippen molar-refractivity contribution in [2.75, 3.05) is 19.8 Å². The lowest BCUT2D eigenvalue weighted by Crippen LogP contribution is -2.21. The highest BCUT2D eigenvalue weighted by Gasteiger charge is 2.14. The average molecular weight is 173 g/mol. The monoisotopic (exact) mass is 173 g/mol. The molecule has 0 aromatic carbocycles. The Hall–Kier alpha value is -1.17. The standard InChI is InChI=1S/C6H11N3O3/c10-9(11)8-5-7-3-6-1-2-12-4-6/h5-6H,1-4H2,(H,7,8). The highest BCUT2D eigenvalue weighted by atomic mass is 16.7. The molecule has 6 nitrogen and oxygen atoms in total. The van der Waals surface area contributed by atoms with Crippen molar-refractivity contribution in [2.24, 2.45) is 11.0 Å². The molecule has 1 fully saturated rings. The van der Waals surface area contributed by atoms with Crippen LogP contribution in [0.5, 0.6) is 0 Å². The maximum absolute atomic E-state index is 9.74. The maximum atomic E-state index is 9.74. The van der Waals surface area contributed by atoms with Gasteiger partial charge in [0.05, 0.1) is 11.7 Å². The largest absolute Gasteiger partial charge is 0.381 e. The molecule has 1 atom stereocenters. The van der Waals surface area contributed by atoms with Gasteiger partial charge in [0.15, 0.2) is 11.4 Å². The third-order valence-electron chi connectivity index (χ3n) is 1.67. The van der Waals surface area contributed by atoms with Crippen LogP contribution in [0.4, 0.5) is 0 Å². The maximum Gasteiger partial charge on any atom is 0.192 e. The second-order valence-electron chi connectivity index (χ2n) is 2.62. The van der Waals surface area contributed by atoms with Gasteiger partial charge in [0.2, 0.25) is 0 Å². The second kappa shape index (κ2) is 4.66. The molecular formula is C6H11N3O3. The van der Waals surface area contributed by atoms with Crippen LogP contribution >= 0.6 is 0 Å². The van der Waals surface area contributed by atoms with Crippen LogP contribution in [0.1, 0.15) is 6.42 Å². The summed E-state index contributed by atoms with van der Waals surface area (Å²) in [7, 11) is 0. The summed E-state index contributed by atoms with van der Waals surface area (Å²) in [5, 5.41) is 14.7. The molecule has 1 rings (SSSR count). The van der Waals surface area contributed by atoms with E-state index in [4.69, 9.17) is 4.74 Å². The molecule has 12 heavy (non-hydrogen) atoms. The first kappa shape index (κ1) is 8.92. The molecule has 0 aromatic heterocycles. The molecule has 1 unspecified atom stereocenters. The molecule has 6 heteroatoms. The number of hydrazone groups is 1. The number of hydrogen-bond donors (Lipinski definition) is 1. The molecule has 0 amide bonds. The van der Waals surface area contributed by atoms with Gasteiger partial charge in [-0.2, -0.15) is 0 Å². The van der Waals surface area contributed by atoms with Crippen molar-refractivity contribution in [2.45, 2.75) is 6.42 Å². The van der Waals surface area contributed by atoms with Crippen LogP contribution in [-0.4, -0.2) is 31.1 Å². The number of ether oxygens (including phenoxy) is 1. The summed E-state index contributed by atoms with van der Waals surface area (Å²) >= 11 is 0. The van der Waals surface area contributed by atoms with Gasteiger partial charge >= 0.3 is 0 Å². The van der Waals surface area contributed by atoms with Crippen molar-refractivity contribution in [3.8, 4) is 0 Å². The van der Waals surface area contributed by atoms with Gasteiger partial charge in [-0.25, -0.2) is 10.1 Å². The van der Waals surface area contributed by atoms with Crippen LogP contribution in [0, 0.1) is 16.0 Å². The minimum Gasteiger partial charge on any atom is -0.381 e. The molecule has 0 radical (unpaired) electrons. The molecule has 68 valence electrons. The smallest absolute Gasteiger partial charge is 0.192 e. The summed E-state index contributed by atoms with van der Waals surface area (Å²) in [6.45, 7) is 2.22. The minimum absolute atomic E-state index is 0.461. The van der Waals surface area contributed by atoms with Gasteiger partial charge in [-0.05, 0) is 6.42 Å². The highest BCUT2D eigenvalue weighted by molar-refractivity contribution is 5.52. The lowest BCUT2D eigenvalue weighted by Gasteiger charge is -2.04. The predicted molar refractivity (Wildman–Crippen MR) is 42.4 cm³/mol. The summed E-state index contributed by atoms with van der Waals surface area (Å²) in [4.78, 5) is 9.74. The zero-order chi connectivity index (χ0) is 8.81. The average Bonchev–Trinajstić information content (AvgIpc) is 2.49. The number of nitrogens with zero attached hydrogens (tertiary/aromatic N) is 2. The van der Waals surface area contributed by atoms with Gasteiger partial charge in [-0.3, -0.25) is 0 Å². The number of rotatable bonds is 4. The Bertz CT molecular complexity index is 177. The van der Waals surface area contributed by atoms with Crippen LogP contribution in [0.15, 0.2) is 5.10 Å². The van der Waals surface area contributed by atoms with Crippen LogP contribution in [-0.2, 0) is 4.74 Å². The van der Waals surface area contributed by atoms with E-state index in [0.29, 0.717) is 12.5 Å². The van der Waals surface area contributed by atoms with Crippen molar-refractivity contribution < 1.29 is 9.77 Å². The number of nitrogens with one attached hydrogen (secondary N) is 1. The first-order valence-electron chi connectivity index (χ1n) is 3.77. The predicted octanol–water partition coefficient (Wildman–Crippen LogP) is -0.168. The van der Waals surface area contributed by atoms with E-state index in [1.54, 1.807) is 0 Å². The molecule has 1 N–H and O–H groups in total. The van der Waals surface area contributed by atoms with E-state index < -0.39 is 5.03 Å². The van der Waals surface area contributed by atoms with Crippen LogP contribution < -0.4 is 5.32 Å². The zero-order valence-corrected chi connectivity index (χ0v) is 6.60. The van der Waals surface area contributed by atoms with E-state index in [0.717, 1.165) is 26.0 Å². The second-order valence-corrected chi connectivity index (χ2v) is 2.62. The fraction of sp³-hybridized carbons (Fsp3) is 0.833. The summed E-state index contributed by atoms with van der Waals surface area (Å²) in [6, 6.07) is 0. The molecule has 1 heterocycles. The fourth-order valence-electron chi connectivity index (χ4n) is 1.05. The van der Waals surface area contributed by atoms with E-state index in [1.165, 1.54) is 0 Å². The van der Waals surface area contributed by atoms with E-state index in [9.17, 15) is 10.1 Å². The van der Waals surface area contributed by atoms with Crippen LogP contribution in [0.3, 0.4) is 0 Å². The van der Waals surface area contributed by atoms with E-state index in [1.807, 2.05) is 0 Å². The van der Waals surface area contributed by atoms with Crippen LogP contribution in [0.25, 0.3) is 0 Å². The van der Waals surface area contributed by atoms with E-state index in [2.05, 4.69) is 10.4 Å². The van der Waals surface area contributed by atoms with Gasteiger partial charge in [-0.15, -0.1) is 0 Å². The van der Waals surface area contributed by atoms with E-state index >= 15 is 0 Å². The van der Waals surface area contributed by atoms with Crippen molar-refractivity contribution in [1.29, 1.82) is 0 Å². The Morgan fingerprint density at radius 1 is 1.83 bits per heavy atom. The summed E-state index contributed by atoms with van der Waals surface area (Å²) < 4.78 is 5.12. The molecule has 1 aliphatic rings. The SMILES string of the molecule is O=[N+]([O-])/N=C/NCC1CCOC1. The van der Waals surface area contributed by atoms with E-state index in [-0.39, 0.29) is 0 Å². The third-order valence-corrected chi connectivity index (χ3v) is 1.67. The van der Waals surface area contributed by atoms with Gasteiger partial charge in [0.1, 0.15) is 0 Å². The fourth-order valence-corrected chi connectivity index (χ4v) is 1.05. The van der Waals surface area contributed by atoms with Crippen molar-refractivity contribution >= 4 is 6.34 Å². The Morgan fingerprint density at radius 3 is 3.25 bits per heavy atom. The lowest BCUT2D eigenvalue weighted by atomic mass is 10.1. The molecule has 1 saturated heterocycles. The molecule has 0 aliphatic carbocycles. The zero-order valence-electron chi connectivity index (χ0n) is 6.60. The summed E-state index contributed by atoms with van der Waals surface area (Å²) in [5.74, 6) is 0.461. The highest BCUT2D eigenvalue weighted by Crippen LogP contribution is 2.09. The molecule has 0 bridgehead atoms. The minimum atomic E-state index is -0.738. The quantitative estimate of drug-likeness (QED) is 0.277. The third kappa shape index (κ3) is 3.29. The van der Waals surface area contributed by atoms with Gasteiger partial charge in [-0.1, -0.05) is 0 Å². The Balaban J connectivity index is 2.05. The summed E-state index contributed by atoms with van der Waals surface area (Å²) in [5.41, 5.74) is 0. The van der Waals surface area contributed by atoms with Gasteiger partial charge < -0.3 is 10.1 Å². The summed E-state index contributed by atoms with van der Waals surface area (Å²) in [6.07, 6.45) is 2.12. The topological polar surface area (TPSA) is 76.8 Å². The first-order chi connectivity index (χ1) is 5.79. The van der Waals surface area contributed by atoms with Crippen molar-refractivity contribution in [1.82, 2.24) is 5.32 Å². The Labute approximate surface area is 69.7 Å². The van der Waals surface area contributed by atoms with Crippen molar-refractivity contribution in [3.63, 3.8) is 0 Å². The number of nitro groups is 1. The van der Waals surface area contributed by atoms with Crippen molar-refractivity contribution in [3.05, 3.63) is 10.1 Å². The Kier molecular flexibility index (Phi) is 3.46. The first-order valence-corrected chi connectivity index (χ1v) is 3.77. The van der Waals surface area contributed by atoms with Gasteiger partial charge in [0, 0.05) is 19.1 Å². The molecule has 0 spiro atoms. The Morgan fingerprint density at radius 2 is 2.67 bits per heavy atom. The number of hydrogen-bond acceptors (Lipinski definition) is 3.